The first-order valence-corrected chi connectivity index (χ1v) is 26.2. The molecule has 2 unspecified atom stereocenters. The van der Waals surface area contributed by atoms with Gasteiger partial charge in [0.1, 0.15) is 24.4 Å². The van der Waals surface area contributed by atoms with E-state index >= 15 is 0 Å². The predicted molar refractivity (Wildman–Crippen MR) is 284 cm³/mol. The average Bonchev–Trinajstić information content (AvgIpc) is 3.74. The van der Waals surface area contributed by atoms with E-state index in [9.17, 15) is 38.4 Å². The molecule has 3 atom stereocenters. The van der Waals surface area contributed by atoms with Gasteiger partial charge in [-0.05, 0) is 77.2 Å². The monoisotopic (exact) mass is 1040 g/mol. The van der Waals surface area contributed by atoms with Gasteiger partial charge in [-0.1, -0.05) is 105 Å². The third-order valence-corrected chi connectivity index (χ3v) is 13.9. The number of fused-ring (bicyclic) bond motifs is 4. The van der Waals surface area contributed by atoms with Crippen molar-refractivity contribution in [3.8, 4) is 16.9 Å². The Morgan fingerprint density at radius 1 is 0.763 bits per heavy atom. The fraction of sp³-hybridized carbons (Fsp3) is 0.439. The first kappa shape index (κ1) is 55.9. The number of rotatable bonds is 19. The second-order valence-corrected chi connectivity index (χ2v) is 20.0. The van der Waals surface area contributed by atoms with Gasteiger partial charge in [0.05, 0.1) is 6.61 Å². The zero-order valence-corrected chi connectivity index (χ0v) is 43.6. The van der Waals surface area contributed by atoms with E-state index in [0.717, 1.165) is 47.5 Å². The molecule has 0 aromatic heterocycles. The largest absolute Gasteiger partial charge is 0.493 e. The van der Waals surface area contributed by atoms with Gasteiger partial charge in [-0.15, -0.1) is 0 Å². The Morgan fingerprint density at radius 3 is 2.20 bits per heavy atom. The van der Waals surface area contributed by atoms with E-state index in [0.29, 0.717) is 31.6 Å². The Kier molecular flexibility index (Phi) is 20.0. The van der Waals surface area contributed by atoms with Gasteiger partial charge >= 0.3 is 6.09 Å². The molecule has 0 saturated carbocycles. The minimum atomic E-state index is -2.27. The van der Waals surface area contributed by atoms with Gasteiger partial charge < -0.3 is 56.9 Å². The molecule has 76 heavy (non-hydrogen) atoms. The third-order valence-electron chi connectivity index (χ3n) is 13.9. The van der Waals surface area contributed by atoms with Crippen LogP contribution in [0.5, 0.6) is 5.75 Å². The molecular weight excluding hydrogens is 971 g/mol. The Morgan fingerprint density at radius 2 is 1.46 bits per heavy atom. The van der Waals surface area contributed by atoms with Crippen molar-refractivity contribution in [2.75, 3.05) is 66.1 Å². The molecule has 1 aliphatic carbocycles. The third kappa shape index (κ3) is 15.2. The van der Waals surface area contributed by atoms with Gasteiger partial charge in [0.2, 0.25) is 41.4 Å². The molecular formula is C57H71N9O10. The molecule has 0 radical (unpaired) electrons. The zero-order valence-electron chi connectivity index (χ0n) is 43.6. The Bertz CT molecular complexity index is 2670. The SMILES string of the molecule is CC(C)CC1NC(=O)CCNC(=O)C(CNC(=O)[C@H](Cc2ccccc2)NC(=O)OCC2c3ccccc3-c3ccccc32)(C(=O)NCCC(=O)NCCCOc2cccc3c2CCN(C)C3)CNC(=O)CCNC1=O. The lowest BCUT2D eigenvalue weighted by molar-refractivity contribution is -0.143. The van der Waals surface area contributed by atoms with Crippen molar-refractivity contribution in [1.82, 2.24) is 47.4 Å². The smallest absolute Gasteiger partial charge is 0.407 e. The van der Waals surface area contributed by atoms with Crippen molar-refractivity contribution in [1.29, 1.82) is 0 Å². The topological polar surface area (TPSA) is 254 Å². The number of nitrogens with zero attached hydrogens (tertiary/aromatic N) is 1. The van der Waals surface area contributed by atoms with Gasteiger partial charge in [0.15, 0.2) is 5.41 Å². The van der Waals surface area contributed by atoms with Crippen LogP contribution in [0.25, 0.3) is 11.1 Å². The molecule has 404 valence electrons. The van der Waals surface area contributed by atoms with E-state index < -0.39 is 72.1 Å². The van der Waals surface area contributed by atoms with E-state index in [1.807, 2.05) is 74.5 Å². The summed E-state index contributed by atoms with van der Waals surface area (Å²) in [5, 5.41) is 21.6. The summed E-state index contributed by atoms with van der Waals surface area (Å²) in [6.45, 7) is 4.26. The summed E-state index contributed by atoms with van der Waals surface area (Å²) in [6.07, 6.45) is 0.140. The number of benzene rings is 4. The van der Waals surface area contributed by atoms with E-state index in [1.165, 1.54) is 11.1 Å². The van der Waals surface area contributed by atoms with Crippen LogP contribution in [0.1, 0.15) is 79.7 Å². The molecule has 19 nitrogen and oxygen atoms in total. The van der Waals surface area contributed by atoms with Crippen molar-refractivity contribution >= 4 is 47.4 Å². The first-order chi connectivity index (χ1) is 36.7. The zero-order chi connectivity index (χ0) is 54.0. The standard InChI is InChI=1S/C57H71N9O10/c1-37(2)31-46-52(70)59-26-21-50(68)62-35-57(55(73)61-28-23-51(69)64-46,54(72)60-27-22-49(67)58-25-12-30-75-48-20-11-15-39-33-66(3)29-24-40(39)48)36-63-53(71)47(32-38-13-5-4-6-14-38)65-56(74)76-34-45-43-18-9-7-16-41(43)42-17-8-10-19-44(42)45/h4-11,13-20,37,45-47H,12,21-36H2,1-3H3,(H,58,67)(H,59,70)(H,60,72)(H,61,73)(H,62,68)(H,63,71)(H,64,69)(H,65,74)/t46?,47-,57?/m0/s1. The van der Waals surface area contributed by atoms with Crippen LogP contribution >= 0.6 is 0 Å². The lowest BCUT2D eigenvalue weighted by atomic mass is 9.84. The quantitative estimate of drug-likeness (QED) is 0.0501. The second-order valence-electron chi connectivity index (χ2n) is 20.0. The average molecular weight is 1040 g/mol. The van der Waals surface area contributed by atoms with E-state index in [4.69, 9.17) is 9.47 Å². The summed E-state index contributed by atoms with van der Waals surface area (Å²) in [6, 6.07) is 28.5. The summed E-state index contributed by atoms with van der Waals surface area (Å²) in [5.74, 6) is -4.06. The van der Waals surface area contributed by atoms with E-state index in [-0.39, 0.29) is 69.7 Å². The minimum absolute atomic E-state index is 0.00902. The molecule has 0 bridgehead atoms. The number of hydrogen-bond donors (Lipinski definition) is 8. The molecule has 3 aliphatic rings. The number of likely N-dealkylation sites (N-methyl/N-ethyl adjacent to an activating group) is 1. The Balaban J connectivity index is 1.04. The van der Waals surface area contributed by atoms with Crippen LogP contribution in [0.4, 0.5) is 4.79 Å². The van der Waals surface area contributed by atoms with Gasteiger partial charge in [-0.2, -0.15) is 0 Å². The number of carbonyl (C=O) groups is 8. The van der Waals surface area contributed by atoms with Gasteiger partial charge in [-0.3, -0.25) is 33.6 Å². The van der Waals surface area contributed by atoms with Gasteiger partial charge in [-0.25, -0.2) is 4.79 Å². The van der Waals surface area contributed by atoms with Crippen LogP contribution in [0.2, 0.25) is 0 Å². The predicted octanol–water partition coefficient (Wildman–Crippen LogP) is 2.99. The summed E-state index contributed by atoms with van der Waals surface area (Å²) < 4.78 is 11.9. The lowest BCUT2D eigenvalue weighted by Gasteiger charge is -2.32. The number of carbonyl (C=O) groups excluding carboxylic acids is 8. The summed E-state index contributed by atoms with van der Waals surface area (Å²) in [4.78, 5) is 112. The van der Waals surface area contributed by atoms with Crippen molar-refractivity contribution in [3.63, 3.8) is 0 Å². The maximum Gasteiger partial charge on any atom is 0.407 e. The van der Waals surface area contributed by atoms with Crippen molar-refractivity contribution in [2.45, 2.75) is 83.3 Å². The fourth-order valence-corrected chi connectivity index (χ4v) is 9.76. The normalized spacial score (nSPS) is 18.6. The highest BCUT2D eigenvalue weighted by atomic mass is 16.5. The molecule has 7 rings (SSSR count). The number of hydrogen-bond acceptors (Lipinski definition) is 11. The summed E-state index contributed by atoms with van der Waals surface area (Å²) in [5.41, 5.74) is 4.92. The summed E-state index contributed by atoms with van der Waals surface area (Å²) in [7, 11) is 2.08. The minimum Gasteiger partial charge on any atom is -0.493 e. The molecule has 8 N–H and O–H groups in total. The molecule has 0 spiro atoms. The number of ether oxygens (including phenoxy) is 2. The first-order valence-electron chi connectivity index (χ1n) is 26.2. The Labute approximate surface area is 443 Å². The highest BCUT2D eigenvalue weighted by Gasteiger charge is 2.47. The number of amides is 8. The van der Waals surface area contributed by atoms with E-state index in [1.54, 1.807) is 30.3 Å². The number of nitrogens with one attached hydrogen (secondary N) is 8. The Hall–Kier alpha value is -7.80. The van der Waals surface area contributed by atoms with E-state index in [2.05, 4.69) is 60.5 Å². The van der Waals surface area contributed by atoms with Gasteiger partial charge in [0, 0.05) is 84.0 Å². The maximum absolute atomic E-state index is 14.6. The molecule has 1 fully saturated rings. The van der Waals surface area contributed by atoms with Crippen LogP contribution in [0, 0.1) is 11.3 Å². The fourth-order valence-electron chi connectivity index (χ4n) is 9.76. The van der Waals surface area contributed by atoms with Gasteiger partial charge in [0.25, 0.3) is 0 Å². The molecule has 2 aliphatic heterocycles. The molecule has 19 heteroatoms. The van der Waals surface area contributed by atoms with Crippen molar-refractivity contribution in [3.05, 3.63) is 125 Å². The summed E-state index contributed by atoms with van der Waals surface area (Å²) >= 11 is 0. The highest BCUT2D eigenvalue weighted by molar-refractivity contribution is 6.07. The molecule has 8 amide bonds. The van der Waals surface area contributed by atoms with Crippen LogP contribution in [-0.2, 0) is 57.7 Å². The van der Waals surface area contributed by atoms with Crippen LogP contribution < -0.4 is 47.3 Å². The van der Waals surface area contributed by atoms with Crippen LogP contribution in [0.15, 0.2) is 97.1 Å². The van der Waals surface area contributed by atoms with Crippen molar-refractivity contribution < 1.29 is 47.8 Å². The van der Waals surface area contributed by atoms with Crippen LogP contribution in [0.3, 0.4) is 0 Å². The lowest BCUT2D eigenvalue weighted by Crippen LogP contribution is -2.63. The van der Waals surface area contributed by atoms with Crippen LogP contribution in [-0.4, -0.2) is 131 Å². The highest BCUT2D eigenvalue weighted by Crippen LogP contribution is 2.44. The molecule has 4 aromatic carbocycles. The molecule has 4 aromatic rings. The maximum atomic E-state index is 14.6. The number of alkyl carbamates (subject to hydrolysis) is 1. The second kappa shape index (κ2) is 27.1. The van der Waals surface area contributed by atoms with Crippen molar-refractivity contribution in [2.24, 2.45) is 11.3 Å². The molecule has 1 saturated heterocycles. The molecule has 2 heterocycles.